The second kappa shape index (κ2) is 9.19. The van der Waals surface area contributed by atoms with Crippen molar-refractivity contribution < 1.29 is 19.1 Å². The second-order valence-electron chi connectivity index (χ2n) is 7.00. The summed E-state index contributed by atoms with van der Waals surface area (Å²) in [4.78, 5) is 31.6. The summed E-state index contributed by atoms with van der Waals surface area (Å²) in [6, 6.07) is 7.26. The molecule has 1 aromatic carbocycles. The molecule has 0 bridgehead atoms. The fourth-order valence-corrected chi connectivity index (χ4v) is 3.93. The van der Waals surface area contributed by atoms with Crippen LogP contribution in [0.5, 0.6) is 5.75 Å². The third-order valence-corrected chi connectivity index (χ3v) is 5.43. The van der Waals surface area contributed by atoms with E-state index in [1.165, 1.54) is 0 Å². The monoisotopic (exact) mass is 375 g/mol. The van der Waals surface area contributed by atoms with E-state index in [4.69, 9.17) is 9.47 Å². The summed E-state index contributed by atoms with van der Waals surface area (Å²) in [6.07, 6.45) is 1.71. The number of hydrogen-bond donors (Lipinski definition) is 0. The first kappa shape index (κ1) is 19.6. The number of rotatable bonds is 6. The predicted molar refractivity (Wildman–Crippen MR) is 102 cm³/mol. The molecule has 2 saturated heterocycles. The first-order chi connectivity index (χ1) is 13.2. The minimum Gasteiger partial charge on any atom is -0.496 e. The first-order valence-electron chi connectivity index (χ1n) is 9.59. The van der Waals surface area contributed by atoms with Crippen LogP contribution in [0.4, 0.5) is 0 Å². The minimum absolute atomic E-state index is 0.00577. The SMILES string of the molecule is COCCN1CC[C@@H](N2CCCN(C(=O)c3ccccc3OC)CC2)C1=O. The quantitative estimate of drug-likeness (QED) is 0.745. The van der Waals surface area contributed by atoms with Crippen molar-refractivity contribution in [1.82, 2.24) is 14.7 Å². The van der Waals surface area contributed by atoms with Crippen molar-refractivity contribution >= 4 is 11.8 Å². The van der Waals surface area contributed by atoms with Crippen molar-refractivity contribution in [2.45, 2.75) is 18.9 Å². The summed E-state index contributed by atoms with van der Waals surface area (Å²) in [5, 5.41) is 0. The molecular weight excluding hydrogens is 346 g/mol. The number of likely N-dealkylation sites (tertiary alicyclic amines) is 1. The van der Waals surface area contributed by atoms with Crippen molar-refractivity contribution in [1.29, 1.82) is 0 Å². The zero-order valence-electron chi connectivity index (χ0n) is 16.2. The third kappa shape index (κ3) is 4.42. The summed E-state index contributed by atoms with van der Waals surface area (Å²) in [7, 11) is 3.23. The number of hydrogen-bond acceptors (Lipinski definition) is 5. The summed E-state index contributed by atoms with van der Waals surface area (Å²) >= 11 is 0. The minimum atomic E-state index is -0.0665. The molecule has 7 nitrogen and oxygen atoms in total. The van der Waals surface area contributed by atoms with Gasteiger partial charge in [-0.2, -0.15) is 0 Å². The van der Waals surface area contributed by atoms with Gasteiger partial charge in [0, 0.05) is 46.4 Å². The lowest BCUT2D eigenvalue weighted by atomic mass is 10.1. The Labute approximate surface area is 160 Å². The Morgan fingerprint density at radius 2 is 1.93 bits per heavy atom. The molecule has 27 heavy (non-hydrogen) atoms. The van der Waals surface area contributed by atoms with Gasteiger partial charge in [0.2, 0.25) is 5.91 Å². The Morgan fingerprint density at radius 3 is 2.70 bits per heavy atom. The lowest BCUT2D eigenvalue weighted by Gasteiger charge is -2.26. The highest BCUT2D eigenvalue weighted by atomic mass is 16.5. The van der Waals surface area contributed by atoms with E-state index in [1.807, 2.05) is 28.0 Å². The molecule has 7 heteroatoms. The molecule has 2 aliphatic rings. The van der Waals surface area contributed by atoms with Gasteiger partial charge in [0.1, 0.15) is 5.75 Å². The van der Waals surface area contributed by atoms with Crippen LogP contribution in [-0.2, 0) is 9.53 Å². The van der Waals surface area contributed by atoms with Crippen LogP contribution >= 0.6 is 0 Å². The Balaban J connectivity index is 1.61. The smallest absolute Gasteiger partial charge is 0.257 e. The van der Waals surface area contributed by atoms with E-state index in [9.17, 15) is 9.59 Å². The number of carbonyl (C=O) groups excluding carboxylic acids is 2. The molecule has 2 heterocycles. The van der Waals surface area contributed by atoms with E-state index in [1.54, 1.807) is 20.3 Å². The number of para-hydroxylation sites is 1. The Morgan fingerprint density at radius 1 is 1.11 bits per heavy atom. The molecule has 2 aliphatic heterocycles. The van der Waals surface area contributed by atoms with Gasteiger partial charge in [-0.05, 0) is 25.0 Å². The van der Waals surface area contributed by atoms with E-state index in [0.717, 1.165) is 32.5 Å². The molecule has 1 aromatic rings. The lowest BCUT2D eigenvalue weighted by molar-refractivity contribution is -0.132. The summed E-state index contributed by atoms with van der Waals surface area (Å²) in [5.41, 5.74) is 0.594. The third-order valence-electron chi connectivity index (χ3n) is 5.43. The number of methoxy groups -OCH3 is 2. The van der Waals surface area contributed by atoms with Crippen molar-refractivity contribution in [3.8, 4) is 5.75 Å². The Hall–Kier alpha value is -2.12. The van der Waals surface area contributed by atoms with Gasteiger partial charge in [-0.3, -0.25) is 14.5 Å². The molecule has 148 valence electrons. The summed E-state index contributed by atoms with van der Waals surface area (Å²) < 4.78 is 10.4. The molecule has 3 rings (SSSR count). The van der Waals surface area contributed by atoms with E-state index in [-0.39, 0.29) is 17.9 Å². The van der Waals surface area contributed by atoms with Crippen LogP contribution in [0, 0.1) is 0 Å². The molecule has 0 saturated carbocycles. The highest BCUT2D eigenvalue weighted by molar-refractivity contribution is 5.97. The first-order valence-corrected chi connectivity index (χ1v) is 9.59. The molecule has 2 amide bonds. The maximum Gasteiger partial charge on any atom is 0.257 e. The molecule has 0 N–H and O–H groups in total. The molecule has 0 aliphatic carbocycles. The van der Waals surface area contributed by atoms with Gasteiger partial charge in [-0.15, -0.1) is 0 Å². The van der Waals surface area contributed by atoms with Gasteiger partial charge in [0.15, 0.2) is 0 Å². The van der Waals surface area contributed by atoms with Crippen molar-refractivity contribution in [3.05, 3.63) is 29.8 Å². The van der Waals surface area contributed by atoms with Gasteiger partial charge in [-0.1, -0.05) is 12.1 Å². The summed E-state index contributed by atoms with van der Waals surface area (Å²) in [6.45, 7) is 4.88. The van der Waals surface area contributed by atoms with Crippen LogP contribution in [0.25, 0.3) is 0 Å². The van der Waals surface area contributed by atoms with Crippen LogP contribution in [0.15, 0.2) is 24.3 Å². The van der Waals surface area contributed by atoms with Crippen molar-refractivity contribution in [2.24, 2.45) is 0 Å². The number of ether oxygens (including phenoxy) is 2. The van der Waals surface area contributed by atoms with Gasteiger partial charge in [0.25, 0.3) is 5.91 Å². The van der Waals surface area contributed by atoms with Gasteiger partial charge in [-0.25, -0.2) is 0 Å². The van der Waals surface area contributed by atoms with Crippen LogP contribution in [0.3, 0.4) is 0 Å². The number of benzene rings is 1. The molecule has 2 fully saturated rings. The highest BCUT2D eigenvalue weighted by Gasteiger charge is 2.36. The number of carbonyl (C=O) groups is 2. The number of nitrogens with zero attached hydrogens (tertiary/aromatic N) is 3. The standard InChI is InChI=1S/C20H29N3O4/c1-26-15-14-23-11-8-17(20(23)25)21-9-5-10-22(13-12-21)19(24)16-6-3-4-7-18(16)27-2/h3-4,6-7,17H,5,8-15H2,1-2H3/t17-/m1/s1. The lowest BCUT2D eigenvalue weighted by Crippen LogP contribution is -2.44. The molecule has 0 spiro atoms. The van der Waals surface area contributed by atoms with Crippen LogP contribution < -0.4 is 4.74 Å². The predicted octanol–water partition coefficient (Wildman–Crippen LogP) is 1.09. The van der Waals surface area contributed by atoms with Crippen LogP contribution in [0.1, 0.15) is 23.2 Å². The van der Waals surface area contributed by atoms with E-state index >= 15 is 0 Å². The largest absolute Gasteiger partial charge is 0.496 e. The summed E-state index contributed by atoms with van der Waals surface area (Å²) in [5.74, 6) is 0.786. The van der Waals surface area contributed by atoms with Crippen molar-refractivity contribution in [3.63, 3.8) is 0 Å². The van der Waals surface area contributed by atoms with Crippen LogP contribution in [0.2, 0.25) is 0 Å². The zero-order valence-corrected chi connectivity index (χ0v) is 16.2. The maximum atomic E-state index is 12.9. The van der Waals surface area contributed by atoms with E-state index in [0.29, 0.717) is 37.6 Å². The molecule has 0 unspecified atom stereocenters. The van der Waals surface area contributed by atoms with Gasteiger partial charge in [0.05, 0.1) is 25.3 Å². The average molecular weight is 375 g/mol. The molecule has 1 atom stereocenters. The molecule has 0 radical (unpaired) electrons. The van der Waals surface area contributed by atoms with Gasteiger partial charge < -0.3 is 19.3 Å². The Bertz CT molecular complexity index is 666. The van der Waals surface area contributed by atoms with Crippen LogP contribution in [-0.4, -0.2) is 92.7 Å². The molecule has 0 aromatic heterocycles. The van der Waals surface area contributed by atoms with Gasteiger partial charge >= 0.3 is 0 Å². The topological polar surface area (TPSA) is 62.3 Å². The normalized spacial score (nSPS) is 21.4. The van der Waals surface area contributed by atoms with E-state index < -0.39 is 0 Å². The fourth-order valence-electron chi connectivity index (χ4n) is 3.93. The second-order valence-corrected chi connectivity index (χ2v) is 7.00. The fraction of sp³-hybridized carbons (Fsp3) is 0.600. The zero-order chi connectivity index (χ0) is 19.2. The maximum absolute atomic E-state index is 12.9. The highest BCUT2D eigenvalue weighted by Crippen LogP contribution is 2.22. The average Bonchev–Trinajstić information content (AvgIpc) is 2.91. The molecular formula is C20H29N3O4. The van der Waals surface area contributed by atoms with E-state index in [2.05, 4.69) is 4.90 Å². The number of amides is 2. The Kier molecular flexibility index (Phi) is 6.68. The van der Waals surface area contributed by atoms with Crippen molar-refractivity contribution in [2.75, 3.05) is 60.1 Å².